The molecule has 0 saturated carbocycles. The summed E-state index contributed by atoms with van der Waals surface area (Å²) in [5.41, 5.74) is 10.6. The van der Waals surface area contributed by atoms with Crippen LogP contribution in [0.2, 0.25) is 5.02 Å². The number of carbonyl (C=O) groups is 9. The minimum absolute atomic E-state index is 0.0253. The third-order valence-electron chi connectivity index (χ3n) is 22.3. The van der Waals surface area contributed by atoms with E-state index in [-0.39, 0.29) is 93.3 Å². The van der Waals surface area contributed by atoms with Crippen LogP contribution in [0.5, 0.6) is 23.0 Å². The lowest BCUT2D eigenvalue weighted by molar-refractivity contribution is -0.125. The summed E-state index contributed by atoms with van der Waals surface area (Å²) in [4.78, 5) is 145. The van der Waals surface area contributed by atoms with Crippen molar-refractivity contribution in [2.24, 2.45) is 53.3 Å². The highest BCUT2D eigenvalue weighted by molar-refractivity contribution is 9.10. The molecule has 5 heterocycles. The zero-order chi connectivity index (χ0) is 108. The van der Waals surface area contributed by atoms with Crippen LogP contribution in [0, 0.1) is 53.3 Å². The molecule has 4 aromatic heterocycles. The lowest BCUT2D eigenvalue weighted by atomic mass is 9.86. The fraction of sp³-hybridized carbons (Fsp3) is 0.436. The maximum absolute atomic E-state index is 12.1. The van der Waals surface area contributed by atoms with Gasteiger partial charge in [-0.15, -0.1) is 21.5 Å². The Morgan fingerprint density at radius 2 is 1.03 bits per heavy atom. The number of methoxy groups -OCH3 is 3. The maximum atomic E-state index is 12.1. The first-order valence-corrected chi connectivity index (χ1v) is 54.3. The Labute approximate surface area is 895 Å². The number of Topliss-reactive ketones (excluding diaryl/α,β-unsaturated/α-hetero) is 8. The predicted octanol–water partition coefficient (Wildman–Crippen LogP) is 28.2. The Balaban J connectivity index is 0.000000226. The molecule has 146 heavy (non-hydrogen) atoms. The summed E-state index contributed by atoms with van der Waals surface area (Å²) in [6.07, 6.45) is 6.91. The van der Waals surface area contributed by atoms with E-state index in [1.54, 1.807) is 110 Å². The van der Waals surface area contributed by atoms with Crippen LogP contribution < -0.4 is 35.0 Å². The third kappa shape index (κ3) is 40.6. The smallest absolute Gasteiger partial charge is 0.347 e. The van der Waals surface area contributed by atoms with Crippen molar-refractivity contribution in [3.63, 3.8) is 0 Å². The average Bonchev–Trinajstić information content (AvgIpc) is 1.62. The number of benzene rings is 8. The molecular formula is C117H144Br2ClN7O16S3. The molecule has 1 fully saturated rings. The summed E-state index contributed by atoms with van der Waals surface area (Å²) in [5.74, 6) is 7.43. The van der Waals surface area contributed by atoms with Crippen molar-refractivity contribution >= 4 is 168 Å². The number of ketones is 8. The van der Waals surface area contributed by atoms with E-state index in [1.165, 1.54) is 44.0 Å². The van der Waals surface area contributed by atoms with Crippen LogP contribution in [0.1, 0.15) is 264 Å². The molecule has 782 valence electrons. The molecule has 1 aliphatic heterocycles. The minimum Gasteiger partial charge on any atom is -0.497 e. The number of carbonyl (C=O) groups excluding carboxylic acids is 9. The number of aromatic nitrogens is 6. The maximum Gasteiger partial charge on any atom is 0.347 e. The first kappa shape index (κ1) is 122. The molecule has 1 saturated heterocycles. The quantitative estimate of drug-likeness (QED) is 0.0202. The zero-order valence-electron chi connectivity index (χ0n) is 89.1. The summed E-state index contributed by atoms with van der Waals surface area (Å²) in [5, 5.41) is 10.8. The highest BCUT2D eigenvalue weighted by Gasteiger charge is 2.35. The van der Waals surface area contributed by atoms with Gasteiger partial charge < -0.3 is 28.3 Å². The van der Waals surface area contributed by atoms with Gasteiger partial charge in [-0.2, -0.15) is 0 Å². The van der Waals surface area contributed by atoms with Crippen LogP contribution in [0.3, 0.4) is 0 Å². The van der Waals surface area contributed by atoms with Crippen LogP contribution >= 0.6 is 78.3 Å². The van der Waals surface area contributed by atoms with Gasteiger partial charge in [0, 0.05) is 113 Å². The van der Waals surface area contributed by atoms with Crippen molar-refractivity contribution in [3.8, 4) is 34.3 Å². The van der Waals surface area contributed by atoms with Crippen molar-refractivity contribution < 1.29 is 66.5 Å². The van der Waals surface area contributed by atoms with Gasteiger partial charge in [0.15, 0.2) is 33.3 Å². The Morgan fingerprint density at radius 3 is 1.61 bits per heavy atom. The highest BCUT2D eigenvalue weighted by Crippen LogP contribution is 2.38. The van der Waals surface area contributed by atoms with Crippen LogP contribution in [-0.4, -0.2) is 128 Å². The number of hydrogen-bond acceptors (Lipinski definition) is 24. The van der Waals surface area contributed by atoms with Crippen molar-refractivity contribution in [1.82, 2.24) is 29.7 Å². The minimum atomic E-state index is -0.580. The van der Waals surface area contributed by atoms with E-state index in [2.05, 4.69) is 151 Å². The number of thiazole rings is 1. The van der Waals surface area contributed by atoms with Crippen LogP contribution in [0.4, 0.5) is 5.69 Å². The lowest BCUT2D eigenvalue weighted by Gasteiger charge is -2.21. The second-order valence-electron chi connectivity index (χ2n) is 41.5. The van der Waals surface area contributed by atoms with Crippen LogP contribution in [0.15, 0.2) is 215 Å². The number of para-hydroxylation sites is 2. The Bertz CT molecular complexity index is 6520. The topological polar surface area (TPSA) is 310 Å². The number of rotatable bonds is 35. The average molecular weight is 2200 g/mol. The van der Waals surface area contributed by atoms with Crippen molar-refractivity contribution in [1.29, 1.82) is 0 Å². The fourth-order valence-electron chi connectivity index (χ4n) is 15.4. The van der Waals surface area contributed by atoms with Crippen molar-refractivity contribution in [2.45, 2.75) is 243 Å². The number of anilines is 1. The molecule has 23 nitrogen and oxygen atoms in total. The molecule has 0 bridgehead atoms. The third-order valence-corrected chi connectivity index (χ3v) is 27.0. The number of hydrogen-bond donors (Lipinski definition) is 0. The normalized spacial score (nSPS) is 12.4. The predicted molar refractivity (Wildman–Crippen MR) is 600 cm³/mol. The first-order valence-electron chi connectivity index (χ1n) is 49.5. The van der Waals surface area contributed by atoms with Gasteiger partial charge in [-0.1, -0.05) is 286 Å². The summed E-state index contributed by atoms with van der Waals surface area (Å²) < 4.78 is 31.6. The number of nitrogens with zero attached hydrogens (tertiary/aromatic N) is 7. The zero-order valence-corrected chi connectivity index (χ0v) is 95.5. The summed E-state index contributed by atoms with van der Waals surface area (Å²) in [6.45, 7) is 46.1. The number of thioether (sulfide) groups is 2. The molecule has 1 amide bonds. The molecular weight excluding hydrogens is 2050 g/mol. The molecule has 14 rings (SSSR count). The molecule has 29 heteroatoms. The number of ether oxygens (including phenoxy) is 4. The number of amides is 1. The molecule has 8 aromatic carbocycles. The van der Waals surface area contributed by atoms with Gasteiger partial charge in [-0.25, -0.2) is 19.7 Å². The lowest BCUT2D eigenvalue weighted by Crippen LogP contribution is -2.26. The van der Waals surface area contributed by atoms with Gasteiger partial charge in [-0.3, -0.25) is 52.5 Å². The van der Waals surface area contributed by atoms with Gasteiger partial charge in [0.05, 0.1) is 78.1 Å². The van der Waals surface area contributed by atoms with E-state index in [1.807, 2.05) is 174 Å². The van der Waals surface area contributed by atoms with Crippen molar-refractivity contribution in [2.75, 3.05) is 50.9 Å². The van der Waals surface area contributed by atoms with Gasteiger partial charge in [0.25, 0.3) is 5.56 Å². The standard InChI is InChI=1S/C16H23BrO2.C16H17N3OS.C16H21NO3.C15H21BrO.C15H16O4.C14H16N2O2.C13H15NOS2.C12H15ClO2/c1-11(2)8-12(18)10-19-13-6-7-14(15(17)9-13)16(3,4)5;1-10(2)7-12(20)9-21-16-17-14-8-11-5-3-4-6-13(11)15(14)18-19-16;1-11(2)8-15(18)12-9-16(19)17(10-12)13-4-6-14(20-3)7-5-13;1-10(2)8-14(17)11-6-7-12(13(16)9-11)15(3,4)5;1-9(2)6-13(16)12-8-10-7-11(18-3)4-5-14(10)19-15(12)17;1-10(2)7-11(17)8-16-9-15-13-6-4-3-5-12(13)14(16)18;1-9(2)7-10(15)8-16-13-14-11-5-3-4-6-12(11)17-13;1-8(2)6-11(14)10-7-9(13)4-5-12(10)15-3/h6-7,9,11H,8,10H2,1-5H3;3-6,10H,7-9H2,1-2H3;4-7,11-12H,8-10H2,1-3H3;6-7,9-10H,8H2,1-5H3;4-5,7-9H,6H2,1-3H3;3-6,9-10H,7-8H2,1-2H3;3-6,9H,7-8H2,1-2H3;4-5,7-8H,6H2,1-3H3. The van der Waals surface area contributed by atoms with E-state index in [4.69, 9.17) is 35.0 Å². The second-order valence-corrected chi connectivity index (χ2v) is 46.9. The monoisotopic (exact) mass is 2190 g/mol. The number of fused-ring (bicyclic) bond motifs is 6. The molecule has 0 N–H and O–H groups in total. The Morgan fingerprint density at radius 1 is 0.507 bits per heavy atom. The van der Waals surface area contributed by atoms with E-state index in [0.29, 0.717) is 172 Å². The molecule has 1 atom stereocenters. The molecule has 0 radical (unpaired) electrons. The summed E-state index contributed by atoms with van der Waals surface area (Å²) >= 11 is 17.6. The molecule has 2 aliphatic rings. The molecule has 1 aliphatic carbocycles. The Hall–Kier alpha value is -11.0. The highest BCUT2D eigenvalue weighted by atomic mass is 79.9. The van der Waals surface area contributed by atoms with Gasteiger partial charge in [0.1, 0.15) is 63.8 Å². The number of halogens is 3. The van der Waals surface area contributed by atoms with E-state index in [9.17, 15) is 52.7 Å². The molecule has 1 unspecified atom stereocenters. The fourth-order valence-corrected chi connectivity index (χ4v) is 20.1. The largest absolute Gasteiger partial charge is 0.497 e. The van der Waals surface area contributed by atoms with Gasteiger partial charge in [0.2, 0.25) is 11.1 Å². The summed E-state index contributed by atoms with van der Waals surface area (Å²) in [6, 6.07) is 54.4. The van der Waals surface area contributed by atoms with Gasteiger partial charge in [-0.05, 0) is 184 Å². The second kappa shape index (κ2) is 59.3. The van der Waals surface area contributed by atoms with Gasteiger partial charge >= 0.3 is 5.63 Å². The molecule has 12 aromatic rings. The molecule has 0 spiro atoms. The Kier molecular flexibility index (Phi) is 49.5. The van der Waals surface area contributed by atoms with E-state index in [0.717, 1.165) is 64.9 Å². The van der Waals surface area contributed by atoms with Crippen LogP contribution in [0.25, 0.3) is 43.3 Å². The van der Waals surface area contributed by atoms with Crippen molar-refractivity contribution in [3.05, 3.63) is 256 Å². The van der Waals surface area contributed by atoms with Crippen LogP contribution in [-0.2, 0) is 52.6 Å². The van der Waals surface area contributed by atoms with E-state index < -0.39 is 5.63 Å². The van der Waals surface area contributed by atoms with E-state index >= 15 is 0 Å². The summed E-state index contributed by atoms with van der Waals surface area (Å²) in [7, 11) is 4.72. The first-order chi connectivity index (χ1) is 68.8. The SMILES string of the molecule is CC(C)CC(=O)COc1ccc(C(C)(C)C)c(Br)c1.CC(C)CC(=O)CSc1nc2ccccc2s1.CC(C)CC(=O)CSc1nnc2c(n1)Cc1ccccc1-2.CC(C)CC(=O)Cn1cnc2ccccc2c1=O.CC(C)CC(=O)c1ccc(C(C)(C)C)c(Br)c1.COc1ccc(Cl)cc1C(=O)CC(C)C.COc1ccc(N2CC(C(=O)CC(C)C)CC2=O)cc1.COc1ccc2oc(=O)c(C(=O)CC(C)C)cc2c1.